The number of ether oxygens (including phenoxy) is 3. The van der Waals surface area contributed by atoms with Crippen molar-refractivity contribution < 1.29 is 38.5 Å². The summed E-state index contributed by atoms with van der Waals surface area (Å²) in [5.41, 5.74) is -1.30. The number of carboxylic acid groups (broad SMARTS) is 1. The number of nitrogens with one attached hydrogen (secondary N) is 2. The van der Waals surface area contributed by atoms with Gasteiger partial charge in [-0.05, 0) is 60.8 Å². The molecule has 3 amide bonds. The number of carbonyl (C=O) groups is 4. The molecule has 0 aliphatic rings. The molecule has 0 rings (SSSR count). The minimum absolute atomic E-state index is 0.0257. The molecule has 0 bridgehead atoms. The SMILES string of the molecule is C=CCOC(=O)N(CCNC(=O)OC(C)(C)C)[C@H](CCCCNC(=O)OC(C)(C)C)C(=O)O. The van der Waals surface area contributed by atoms with Crippen LogP contribution in [0, 0.1) is 0 Å². The minimum Gasteiger partial charge on any atom is -0.480 e. The zero-order valence-corrected chi connectivity index (χ0v) is 20.6. The Labute approximate surface area is 195 Å². The summed E-state index contributed by atoms with van der Waals surface area (Å²) < 4.78 is 15.3. The van der Waals surface area contributed by atoms with Crippen LogP contribution in [0.15, 0.2) is 12.7 Å². The van der Waals surface area contributed by atoms with Crippen LogP contribution in [0.2, 0.25) is 0 Å². The molecular weight excluding hydrogens is 434 g/mol. The monoisotopic (exact) mass is 473 g/mol. The van der Waals surface area contributed by atoms with Gasteiger partial charge in [0.15, 0.2) is 0 Å². The van der Waals surface area contributed by atoms with E-state index in [-0.39, 0.29) is 26.1 Å². The minimum atomic E-state index is -1.21. The summed E-state index contributed by atoms with van der Waals surface area (Å²) in [6.07, 6.45) is 0.322. The number of amides is 3. The maximum absolute atomic E-state index is 12.4. The van der Waals surface area contributed by atoms with Gasteiger partial charge in [0, 0.05) is 19.6 Å². The Morgan fingerprint density at radius 1 is 0.939 bits per heavy atom. The number of carbonyl (C=O) groups excluding carboxylic acids is 3. The van der Waals surface area contributed by atoms with Crippen LogP contribution in [-0.4, -0.2) is 77.7 Å². The summed E-state index contributed by atoms with van der Waals surface area (Å²) in [7, 11) is 0. The van der Waals surface area contributed by atoms with Crippen LogP contribution in [0.25, 0.3) is 0 Å². The van der Waals surface area contributed by atoms with Crippen molar-refractivity contribution in [1.29, 1.82) is 0 Å². The molecule has 0 unspecified atom stereocenters. The zero-order valence-electron chi connectivity index (χ0n) is 20.6. The van der Waals surface area contributed by atoms with E-state index < -0.39 is 41.5 Å². The van der Waals surface area contributed by atoms with Crippen molar-refractivity contribution in [3.63, 3.8) is 0 Å². The third kappa shape index (κ3) is 15.5. The summed E-state index contributed by atoms with van der Waals surface area (Å²) >= 11 is 0. The van der Waals surface area contributed by atoms with Gasteiger partial charge in [-0.1, -0.05) is 12.7 Å². The molecule has 0 heterocycles. The van der Waals surface area contributed by atoms with Crippen LogP contribution in [0.1, 0.15) is 60.8 Å². The van der Waals surface area contributed by atoms with Gasteiger partial charge in [-0.3, -0.25) is 4.90 Å². The highest BCUT2D eigenvalue weighted by Crippen LogP contribution is 2.12. The number of hydrogen-bond acceptors (Lipinski definition) is 7. The third-order valence-electron chi connectivity index (χ3n) is 3.81. The summed E-state index contributed by atoms with van der Waals surface area (Å²) in [5.74, 6) is -1.21. The Morgan fingerprint density at radius 2 is 1.45 bits per heavy atom. The van der Waals surface area contributed by atoms with Crippen LogP contribution in [-0.2, 0) is 19.0 Å². The molecule has 0 aromatic carbocycles. The van der Waals surface area contributed by atoms with Crippen molar-refractivity contribution in [2.24, 2.45) is 0 Å². The normalized spacial score (nSPS) is 12.2. The Hall–Kier alpha value is -2.98. The quantitative estimate of drug-likeness (QED) is 0.223. The summed E-state index contributed by atoms with van der Waals surface area (Å²) in [5, 5.41) is 14.8. The fourth-order valence-corrected chi connectivity index (χ4v) is 2.56. The number of alkyl carbamates (subject to hydrolysis) is 2. The lowest BCUT2D eigenvalue weighted by Gasteiger charge is -2.28. The number of unbranched alkanes of at least 4 members (excludes halogenated alkanes) is 1. The van der Waals surface area contributed by atoms with Gasteiger partial charge < -0.3 is 30.0 Å². The topological polar surface area (TPSA) is 144 Å². The van der Waals surface area contributed by atoms with E-state index in [1.54, 1.807) is 41.5 Å². The van der Waals surface area contributed by atoms with Gasteiger partial charge in [0.1, 0.15) is 23.9 Å². The number of rotatable bonds is 12. The first-order valence-electron chi connectivity index (χ1n) is 10.9. The molecule has 0 aliphatic heterocycles. The van der Waals surface area contributed by atoms with Gasteiger partial charge in [-0.25, -0.2) is 19.2 Å². The molecule has 33 heavy (non-hydrogen) atoms. The molecule has 0 aromatic rings. The van der Waals surface area contributed by atoms with Crippen LogP contribution in [0.5, 0.6) is 0 Å². The van der Waals surface area contributed by atoms with Crippen LogP contribution >= 0.6 is 0 Å². The van der Waals surface area contributed by atoms with Gasteiger partial charge in [-0.15, -0.1) is 0 Å². The molecule has 1 atom stereocenters. The Balaban J connectivity index is 4.88. The molecule has 0 spiro atoms. The first-order valence-corrected chi connectivity index (χ1v) is 10.9. The zero-order chi connectivity index (χ0) is 25.7. The maximum Gasteiger partial charge on any atom is 0.410 e. The van der Waals surface area contributed by atoms with E-state index in [1.165, 1.54) is 6.08 Å². The molecular formula is C22H39N3O8. The molecule has 0 saturated carbocycles. The van der Waals surface area contributed by atoms with E-state index in [2.05, 4.69) is 17.2 Å². The second-order valence-electron chi connectivity index (χ2n) is 9.27. The predicted octanol–water partition coefficient (Wildman–Crippen LogP) is 3.28. The molecule has 3 N–H and O–H groups in total. The fraction of sp³-hybridized carbons (Fsp3) is 0.727. The first-order chi connectivity index (χ1) is 15.2. The highest BCUT2D eigenvalue weighted by atomic mass is 16.6. The molecule has 0 aromatic heterocycles. The number of nitrogens with zero attached hydrogens (tertiary/aromatic N) is 1. The van der Waals surface area contributed by atoms with Crippen molar-refractivity contribution in [3.8, 4) is 0 Å². The molecule has 0 aliphatic carbocycles. The Kier molecular flexibility index (Phi) is 12.9. The molecule has 0 saturated heterocycles. The fourth-order valence-electron chi connectivity index (χ4n) is 2.56. The van der Waals surface area contributed by atoms with E-state index in [0.29, 0.717) is 19.4 Å². The van der Waals surface area contributed by atoms with E-state index in [4.69, 9.17) is 14.2 Å². The van der Waals surface area contributed by atoms with E-state index in [0.717, 1.165) is 4.90 Å². The van der Waals surface area contributed by atoms with Gasteiger partial charge in [0.25, 0.3) is 0 Å². The summed E-state index contributed by atoms with van der Waals surface area (Å²) in [6.45, 7) is 13.9. The molecule has 11 heteroatoms. The van der Waals surface area contributed by atoms with Crippen LogP contribution in [0.3, 0.4) is 0 Å². The smallest absolute Gasteiger partial charge is 0.410 e. The van der Waals surface area contributed by atoms with E-state index >= 15 is 0 Å². The Bertz CT molecular complexity index is 668. The van der Waals surface area contributed by atoms with Gasteiger partial charge >= 0.3 is 24.2 Å². The first kappa shape index (κ1) is 30.0. The van der Waals surface area contributed by atoms with Crippen molar-refractivity contribution in [2.75, 3.05) is 26.2 Å². The maximum atomic E-state index is 12.4. The van der Waals surface area contributed by atoms with Gasteiger partial charge in [0.2, 0.25) is 0 Å². The average molecular weight is 474 g/mol. The van der Waals surface area contributed by atoms with Crippen molar-refractivity contribution in [1.82, 2.24) is 15.5 Å². The highest BCUT2D eigenvalue weighted by Gasteiger charge is 2.30. The lowest BCUT2D eigenvalue weighted by Crippen LogP contribution is -2.49. The molecule has 0 radical (unpaired) electrons. The second-order valence-corrected chi connectivity index (χ2v) is 9.27. The molecule has 11 nitrogen and oxygen atoms in total. The number of hydrogen-bond donors (Lipinski definition) is 3. The third-order valence-corrected chi connectivity index (χ3v) is 3.81. The standard InChI is InChI=1S/C22H39N3O8/c1-8-15-31-20(30)25(14-13-24-19(29)33-22(5,6)7)16(17(26)27)11-9-10-12-23-18(28)32-21(2,3)4/h8,16H,1,9-15H2,2-7H3,(H,23,28)(H,24,29)(H,26,27)/t16-/m1/s1. The summed E-state index contributed by atoms with van der Waals surface area (Å²) in [4.78, 5) is 48.8. The van der Waals surface area contributed by atoms with Crippen molar-refractivity contribution in [3.05, 3.63) is 12.7 Å². The second kappa shape index (κ2) is 14.2. The average Bonchev–Trinajstić information content (AvgIpc) is 2.63. The predicted molar refractivity (Wildman–Crippen MR) is 122 cm³/mol. The van der Waals surface area contributed by atoms with Crippen molar-refractivity contribution >= 4 is 24.2 Å². The van der Waals surface area contributed by atoms with E-state index in [1.807, 2.05) is 0 Å². The largest absolute Gasteiger partial charge is 0.480 e. The lowest BCUT2D eigenvalue weighted by atomic mass is 10.1. The lowest BCUT2D eigenvalue weighted by molar-refractivity contribution is -0.143. The van der Waals surface area contributed by atoms with E-state index in [9.17, 15) is 24.3 Å². The van der Waals surface area contributed by atoms with Gasteiger partial charge in [-0.2, -0.15) is 0 Å². The van der Waals surface area contributed by atoms with Crippen LogP contribution in [0.4, 0.5) is 14.4 Å². The van der Waals surface area contributed by atoms with Crippen molar-refractivity contribution in [2.45, 2.75) is 78.0 Å². The number of carboxylic acids is 1. The van der Waals surface area contributed by atoms with Crippen LogP contribution < -0.4 is 10.6 Å². The number of aliphatic carboxylic acids is 1. The highest BCUT2D eigenvalue weighted by molar-refractivity contribution is 5.80. The molecule has 0 fully saturated rings. The summed E-state index contributed by atoms with van der Waals surface area (Å²) in [6, 6.07) is -1.18. The Morgan fingerprint density at radius 3 is 1.91 bits per heavy atom. The molecule has 190 valence electrons. The van der Waals surface area contributed by atoms with Gasteiger partial charge in [0.05, 0.1) is 0 Å².